The van der Waals surface area contributed by atoms with E-state index in [4.69, 9.17) is 4.98 Å². The van der Waals surface area contributed by atoms with Crippen molar-refractivity contribution in [2.24, 2.45) is 17.8 Å². The van der Waals surface area contributed by atoms with Crippen molar-refractivity contribution in [1.29, 1.82) is 0 Å². The number of piperidine rings is 3. The summed E-state index contributed by atoms with van der Waals surface area (Å²) in [4.78, 5) is 23.1. The predicted molar refractivity (Wildman–Crippen MR) is 107 cm³/mol. The average molecular weight is 384 g/mol. The number of imidazole rings is 1. The molecular weight excluding hydrogens is 350 g/mol. The molecule has 0 spiro atoms. The topological polar surface area (TPSA) is 53.4 Å². The minimum atomic E-state index is 0.172. The second kappa shape index (κ2) is 6.84. The van der Waals surface area contributed by atoms with Crippen LogP contribution in [0.5, 0.6) is 0 Å². The van der Waals surface area contributed by atoms with Gasteiger partial charge in [0.15, 0.2) is 0 Å². The lowest BCUT2D eigenvalue weighted by atomic mass is 9.74. The molecule has 1 aromatic heterocycles. The molecule has 0 unspecified atom stereocenters. The molecule has 1 saturated carbocycles. The third kappa shape index (κ3) is 3.00. The van der Waals surface area contributed by atoms with Gasteiger partial charge in [0, 0.05) is 64.0 Å². The van der Waals surface area contributed by atoms with Gasteiger partial charge >= 0.3 is 0 Å². The van der Waals surface area contributed by atoms with Crippen LogP contribution in [-0.2, 0) is 13.0 Å². The summed E-state index contributed by atoms with van der Waals surface area (Å²) in [7, 11) is 0. The predicted octanol–water partition coefficient (Wildman–Crippen LogP) is 1.75. The summed E-state index contributed by atoms with van der Waals surface area (Å²) in [5.41, 5.74) is 0.674. The summed E-state index contributed by atoms with van der Waals surface area (Å²) in [5.74, 6) is 3.54. The molecule has 4 fully saturated rings. The normalized spacial score (nSPS) is 35.8. The van der Waals surface area contributed by atoms with Crippen LogP contribution in [0.2, 0.25) is 0 Å². The molecule has 5 aliphatic rings. The zero-order chi connectivity index (χ0) is 18.7. The zero-order valence-corrected chi connectivity index (χ0v) is 16.9. The summed E-state index contributed by atoms with van der Waals surface area (Å²) in [5, 5.41) is 3.40. The minimum Gasteiger partial charge on any atom is -0.337 e. The first-order valence-corrected chi connectivity index (χ1v) is 11.6. The number of likely N-dealkylation sites (tertiary alicyclic amines) is 1. The van der Waals surface area contributed by atoms with Gasteiger partial charge in [0.05, 0.1) is 0 Å². The lowest BCUT2D eigenvalue weighted by Crippen LogP contribution is -2.62. The summed E-state index contributed by atoms with van der Waals surface area (Å²) in [6.07, 6.45) is 11.3. The molecule has 1 aromatic rings. The number of carbonyl (C=O) groups excluding carboxylic acids is 1. The highest BCUT2D eigenvalue weighted by Gasteiger charge is 2.48. The van der Waals surface area contributed by atoms with Gasteiger partial charge in [0.25, 0.3) is 5.91 Å². The number of nitrogens with one attached hydrogen (secondary N) is 1. The lowest BCUT2D eigenvalue weighted by molar-refractivity contribution is -0.0551. The number of rotatable bonds is 2. The Labute approximate surface area is 167 Å². The largest absolute Gasteiger partial charge is 0.337 e. The molecule has 4 aliphatic heterocycles. The van der Waals surface area contributed by atoms with E-state index in [1.54, 1.807) is 0 Å². The Hall–Kier alpha value is -1.40. The molecule has 1 aliphatic carbocycles. The summed E-state index contributed by atoms with van der Waals surface area (Å²) < 4.78 is 2.18. The highest BCUT2D eigenvalue weighted by molar-refractivity contribution is 5.92. The smallest absolute Gasteiger partial charge is 0.274 e. The molecule has 0 aromatic carbocycles. The van der Waals surface area contributed by atoms with Gasteiger partial charge in [-0.25, -0.2) is 4.98 Å². The standard InChI is InChI=1S/C22H33N5O/c28-22(18-14-25-9-8-23-7-6-21(25)24-18)26-11-15-10-17(13-26)20-3-1-2-19(16-4-5-16)27(20)12-15/h14-17,19-20,23H,1-13H2/t15-,17+,19+,20-/m0/s1. The van der Waals surface area contributed by atoms with Crippen molar-refractivity contribution in [3.05, 3.63) is 17.7 Å². The van der Waals surface area contributed by atoms with Crippen LogP contribution >= 0.6 is 0 Å². The maximum Gasteiger partial charge on any atom is 0.274 e. The van der Waals surface area contributed by atoms with E-state index in [0.29, 0.717) is 17.5 Å². The maximum atomic E-state index is 13.3. The van der Waals surface area contributed by atoms with E-state index in [1.165, 1.54) is 45.1 Å². The van der Waals surface area contributed by atoms with Gasteiger partial charge < -0.3 is 14.8 Å². The van der Waals surface area contributed by atoms with E-state index in [0.717, 1.165) is 63.0 Å². The fourth-order valence-corrected chi connectivity index (χ4v) is 6.64. The number of hydrogen-bond donors (Lipinski definition) is 1. The molecule has 1 amide bonds. The van der Waals surface area contributed by atoms with Crippen molar-refractivity contribution >= 4 is 5.91 Å². The van der Waals surface area contributed by atoms with Crippen LogP contribution in [0.15, 0.2) is 6.20 Å². The van der Waals surface area contributed by atoms with E-state index in [-0.39, 0.29) is 5.91 Å². The van der Waals surface area contributed by atoms with Gasteiger partial charge in [-0.2, -0.15) is 0 Å². The van der Waals surface area contributed by atoms with Gasteiger partial charge in [0.1, 0.15) is 11.5 Å². The first-order chi connectivity index (χ1) is 13.8. The first-order valence-electron chi connectivity index (χ1n) is 11.6. The first kappa shape index (κ1) is 17.5. The van der Waals surface area contributed by atoms with Gasteiger partial charge in [-0.3, -0.25) is 9.69 Å². The van der Waals surface area contributed by atoms with Crippen LogP contribution < -0.4 is 5.32 Å². The van der Waals surface area contributed by atoms with E-state index >= 15 is 0 Å². The summed E-state index contributed by atoms with van der Waals surface area (Å²) in [6.45, 7) is 5.93. The Bertz CT molecular complexity index is 733. The fourth-order valence-electron chi connectivity index (χ4n) is 6.64. The Kier molecular flexibility index (Phi) is 4.26. The molecule has 1 N–H and O–H groups in total. The molecule has 5 heterocycles. The van der Waals surface area contributed by atoms with Crippen LogP contribution in [0.3, 0.4) is 0 Å². The molecule has 6 rings (SSSR count). The number of nitrogens with zero attached hydrogens (tertiary/aromatic N) is 4. The van der Waals surface area contributed by atoms with Crippen LogP contribution in [0, 0.1) is 17.8 Å². The van der Waals surface area contributed by atoms with Crippen molar-refractivity contribution in [3.63, 3.8) is 0 Å². The van der Waals surface area contributed by atoms with E-state index in [2.05, 4.69) is 19.7 Å². The molecule has 28 heavy (non-hydrogen) atoms. The Morgan fingerprint density at radius 2 is 1.89 bits per heavy atom. The van der Waals surface area contributed by atoms with Gasteiger partial charge in [0.2, 0.25) is 0 Å². The molecule has 6 heteroatoms. The van der Waals surface area contributed by atoms with Crippen molar-refractivity contribution < 1.29 is 4.79 Å². The monoisotopic (exact) mass is 383 g/mol. The minimum absolute atomic E-state index is 0.172. The molecule has 4 atom stereocenters. The number of hydrogen-bond acceptors (Lipinski definition) is 4. The SMILES string of the molecule is O=C(c1cn2c(n1)CCNCC2)N1C[C@@H]2C[C@H](C1)[C@@H]1CCC[C@H](C3CC3)N1C2. The summed E-state index contributed by atoms with van der Waals surface area (Å²) in [6, 6.07) is 1.57. The number of fused-ring (bicyclic) bond motifs is 5. The molecule has 2 bridgehead atoms. The fraction of sp³-hybridized carbons (Fsp3) is 0.818. The van der Waals surface area contributed by atoms with Crippen LogP contribution in [0.1, 0.15) is 54.8 Å². The quantitative estimate of drug-likeness (QED) is 0.846. The van der Waals surface area contributed by atoms with Gasteiger partial charge in [-0.15, -0.1) is 0 Å². The molecule has 6 nitrogen and oxygen atoms in total. The molecule has 152 valence electrons. The highest BCUT2D eigenvalue weighted by Crippen LogP contribution is 2.46. The second-order valence-electron chi connectivity index (χ2n) is 9.91. The van der Waals surface area contributed by atoms with Crippen molar-refractivity contribution in [1.82, 2.24) is 24.7 Å². The van der Waals surface area contributed by atoms with E-state index in [1.807, 2.05) is 6.20 Å². The maximum absolute atomic E-state index is 13.3. The zero-order valence-electron chi connectivity index (χ0n) is 16.9. The summed E-state index contributed by atoms with van der Waals surface area (Å²) >= 11 is 0. The Morgan fingerprint density at radius 1 is 1.04 bits per heavy atom. The molecule has 0 radical (unpaired) electrons. The van der Waals surface area contributed by atoms with Gasteiger partial charge in [-0.1, -0.05) is 6.42 Å². The Morgan fingerprint density at radius 3 is 2.75 bits per heavy atom. The average Bonchev–Trinajstić information content (AvgIpc) is 3.51. The number of amides is 1. The van der Waals surface area contributed by atoms with Crippen molar-refractivity contribution in [2.75, 3.05) is 32.7 Å². The third-order valence-corrected chi connectivity index (χ3v) is 8.02. The molecular formula is C22H33N5O. The van der Waals surface area contributed by atoms with Crippen molar-refractivity contribution in [2.45, 2.75) is 63.6 Å². The van der Waals surface area contributed by atoms with Crippen molar-refractivity contribution in [3.8, 4) is 0 Å². The van der Waals surface area contributed by atoms with E-state index in [9.17, 15) is 4.79 Å². The number of aromatic nitrogens is 2. The second-order valence-corrected chi connectivity index (χ2v) is 9.91. The molecule has 3 saturated heterocycles. The van der Waals surface area contributed by atoms with Crippen LogP contribution in [0.25, 0.3) is 0 Å². The highest BCUT2D eigenvalue weighted by atomic mass is 16.2. The van der Waals surface area contributed by atoms with Gasteiger partial charge in [-0.05, 0) is 49.9 Å². The van der Waals surface area contributed by atoms with Crippen LogP contribution in [-0.4, -0.2) is 70.1 Å². The van der Waals surface area contributed by atoms with Crippen LogP contribution in [0.4, 0.5) is 0 Å². The van der Waals surface area contributed by atoms with E-state index < -0.39 is 0 Å². The lowest BCUT2D eigenvalue weighted by Gasteiger charge is -2.55. The number of carbonyl (C=O) groups is 1. The Balaban J connectivity index is 1.19. The third-order valence-electron chi connectivity index (χ3n) is 8.02.